The molecule has 2 rings (SSSR count). The lowest BCUT2D eigenvalue weighted by Crippen LogP contribution is -2.37. The van der Waals surface area contributed by atoms with Gasteiger partial charge in [-0.2, -0.15) is 0 Å². The Balaban J connectivity index is 0.00000264. The van der Waals surface area contributed by atoms with Gasteiger partial charge in [-0.1, -0.05) is 18.2 Å². The van der Waals surface area contributed by atoms with Crippen molar-refractivity contribution in [1.29, 1.82) is 0 Å². The molecule has 0 unspecified atom stereocenters. The average Bonchev–Trinajstić information content (AvgIpc) is 2.55. The van der Waals surface area contributed by atoms with Gasteiger partial charge in [0.25, 0.3) is 0 Å². The molecule has 0 atom stereocenters. The number of rotatable bonds is 5. The van der Waals surface area contributed by atoms with Gasteiger partial charge in [-0.25, -0.2) is 4.39 Å². The number of hydrogen-bond donors (Lipinski definition) is 2. The summed E-state index contributed by atoms with van der Waals surface area (Å²) in [6.07, 6.45) is 2.61. The number of pyridine rings is 1. The maximum Gasteiger partial charge on any atom is 0.191 e. The summed E-state index contributed by atoms with van der Waals surface area (Å²) in [4.78, 5) is 8.43. The summed E-state index contributed by atoms with van der Waals surface area (Å²) in [6, 6.07) is 11.1. The number of hydrogen-bond acceptors (Lipinski definition) is 2. The van der Waals surface area contributed by atoms with E-state index in [0.29, 0.717) is 18.1 Å². The Bertz CT molecular complexity index is 632. The standard InChI is InChI=1S/C17H21FN4.HI/c1-13-6-7-14(11-16(13)18)12-22-17(19-2)21-10-8-15-5-3-4-9-20-15;/h3-7,9,11H,8,10,12H2,1-2H3,(H2,19,21,22);1H. The first-order chi connectivity index (χ1) is 10.7. The molecule has 6 heteroatoms. The lowest BCUT2D eigenvalue weighted by atomic mass is 10.1. The summed E-state index contributed by atoms with van der Waals surface area (Å²) in [5.74, 6) is 0.509. The number of nitrogens with one attached hydrogen (secondary N) is 2. The number of aromatic nitrogens is 1. The van der Waals surface area contributed by atoms with Crippen LogP contribution < -0.4 is 10.6 Å². The Morgan fingerprint density at radius 3 is 2.70 bits per heavy atom. The minimum atomic E-state index is -0.183. The molecule has 0 aliphatic rings. The highest BCUT2D eigenvalue weighted by Gasteiger charge is 2.02. The Kier molecular flexibility index (Phi) is 8.53. The number of guanidine groups is 1. The second-order valence-corrected chi connectivity index (χ2v) is 5.01. The highest BCUT2D eigenvalue weighted by molar-refractivity contribution is 14.0. The van der Waals surface area contributed by atoms with E-state index in [1.165, 1.54) is 0 Å². The summed E-state index contributed by atoms with van der Waals surface area (Å²) < 4.78 is 13.5. The third-order valence-corrected chi connectivity index (χ3v) is 3.32. The van der Waals surface area contributed by atoms with Gasteiger partial charge in [0.2, 0.25) is 0 Å². The van der Waals surface area contributed by atoms with Crippen LogP contribution >= 0.6 is 24.0 Å². The maximum atomic E-state index is 13.5. The highest BCUT2D eigenvalue weighted by atomic mass is 127. The first-order valence-electron chi connectivity index (χ1n) is 7.28. The van der Waals surface area contributed by atoms with Gasteiger partial charge in [0.1, 0.15) is 5.82 Å². The van der Waals surface area contributed by atoms with Crippen LogP contribution in [0.3, 0.4) is 0 Å². The Morgan fingerprint density at radius 2 is 2.04 bits per heavy atom. The third kappa shape index (κ3) is 6.52. The summed E-state index contributed by atoms with van der Waals surface area (Å²) in [7, 11) is 1.71. The summed E-state index contributed by atoms with van der Waals surface area (Å²) in [5.41, 5.74) is 2.57. The number of halogens is 2. The van der Waals surface area contributed by atoms with Crippen molar-refractivity contribution in [3.8, 4) is 0 Å². The topological polar surface area (TPSA) is 49.3 Å². The molecule has 1 heterocycles. The van der Waals surface area contributed by atoms with Crippen LogP contribution in [0.25, 0.3) is 0 Å². The summed E-state index contributed by atoms with van der Waals surface area (Å²) >= 11 is 0. The highest BCUT2D eigenvalue weighted by Crippen LogP contribution is 2.08. The predicted molar refractivity (Wildman–Crippen MR) is 103 cm³/mol. The van der Waals surface area contributed by atoms with Crippen molar-refractivity contribution in [1.82, 2.24) is 15.6 Å². The van der Waals surface area contributed by atoms with Gasteiger partial charge in [0.15, 0.2) is 5.96 Å². The fraction of sp³-hybridized carbons (Fsp3) is 0.294. The van der Waals surface area contributed by atoms with Crippen molar-refractivity contribution >= 4 is 29.9 Å². The quantitative estimate of drug-likeness (QED) is 0.438. The molecule has 0 radical (unpaired) electrons. The molecule has 124 valence electrons. The zero-order valence-corrected chi connectivity index (χ0v) is 15.7. The van der Waals surface area contributed by atoms with Gasteiger partial charge < -0.3 is 10.6 Å². The second-order valence-electron chi connectivity index (χ2n) is 5.01. The van der Waals surface area contributed by atoms with Crippen LogP contribution in [0, 0.1) is 12.7 Å². The molecule has 1 aromatic carbocycles. The van der Waals surface area contributed by atoms with E-state index in [2.05, 4.69) is 20.6 Å². The molecule has 0 bridgehead atoms. The normalized spacial score (nSPS) is 10.8. The van der Waals surface area contributed by atoms with E-state index in [1.807, 2.05) is 24.3 Å². The van der Waals surface area contributed by atoms with Gasteiger partial charge in [-0.15, -0.1) is 24.0 Å². The lowest BCUT2D eigenvalue weighted by Gasteiger charge is -2.12. The molecule has 2 N–H and O–H groups in total. The van der Waals surface area contributed by atoms with Crippen LogP contribution in [0.5, 0.6) is 0 Å². The number of aliphatic imine (C=N–C) groups is 1. The van der Waals surface area contributed by atoms with Crippen molar-refractivity contribution in [3.63, 3.8) is 0 Å². The van der Waals surface area contributed by atoms with E-state index in [1.54, 1.807) is 32.3 Å². The zero-order valence-electron chi connectivity index (χ0n) is 13.3. The predicted octanol–water partition coefficient (Wildman–Crippen LogP) is 3.05. The Hall–Kier alpha value is -1.70. The Labute approximate surface area is 153 Å². The van der Waals surface area contributed by atoms with Gasteiger partial charge in [-0.05, 0) is 36.2 Å². The maximum absolute atomic E-state index is 13.5. The molecule has 2 aromatic rings. The fourth-order valence-electron chi connectivity index (χ4n) is 2.01. The monoisotopic (exact) mass is 428 g/mol. The molecule has 0 saturated carbocycles. The molecule has 1 aromatic heterocycles. The minimum absolute atomic E-state index is 0. The van der Waals surface area contributed by atoms with Crippen molar-refractivity contribution in [2.75, 3.05) is 13.6 Å². The van der Waals surface area contributed by atoms with Crippen LogP contribution in [0.1, 0.15) is 16.8 Å². The number of aryl methyl sites for hydroxylation is 1. The fourth-order valence-corrected chi connectivity index (χ4v) is 2.01. The molecule has 0 fully saturated rings. The molecular weight excluding hydrogens is 406 g/mol. The van der Waals surface area contributed by atoms with E-state index in [0.717, 1.165) is 24.2 Å². The minimum Gasteiger partial charge on any atom is -0.356 e. The first kappa shape index (κ1) is 19.3. The van der Waals surface area contributed by atoms with Crippen molar-refractivity contribution in [3.05, 3.63) is 65.2 Å². The van der Waals surface area contributed by atoms with Crippen molar-refractivity contribution < 1.29 is 4.39 Å². The van der Waals surface area contributed by atoms with Crippen LogP contribution in [0.15, 0.2) is 47.6 Å². The average molecular weight is 428 g/mol. The zero-order chi connectivity index (χ0) is 15.8. The van der Waals surface area contributed by atoms with Gasteiger partial charge in [0, 0.05) is 38.4 Å². The second kappa shape index (κ2) is 10.1. The van der Waals surface area contributed by atoms with Gasteiger partial charge in [-0.3, -0.25) is 9.98 Å². The molecule has 0 saturated heterocycles. The van der Waals surface area contributed by atoms with E-state index >= 15 is 0 Å². The van der Waals surface area contributed by atoms with Crippen LogP contribution in [0.4, 0.5) is 4.39 Å². The molecule has 0 aliphatic carbocycles. The molecule has 0 aliphatic heterocycles. The van der Waals surface area contributed by atoms with Gasteiger partial charge in [0.05, 0.1) is 0 Å². The van der Waals surface area contributed by atoms with Crippen LogP contribution in [-0.4, -0.2) is 24.5 Å². The summed E-state index contributed by atoms with van der Waals surface area (Å²) in [6.45, 7) is 3.02. The van der Waals surface area contributed by atoms with Crippen LogP contribution in [0.2, 0.25) is 0 Å². The van der Waals surface area contributed by atoms with Crippen molar-refractivity contribution in [2.45, 2.75) is 19.9 Å². The van der Waals surface area contributed by atoms with Gasteiger partial charge >= 0.3 is 0 Å². The van der Waals surface area contributed by atoms with E-state index < -0.39 is 0 Å². The lowest BCUT2D eigenvalue weighted by molar-refractivity contribution is 0.615. The van der Waals surface area contributed by atoms with Crippen molar-refractivity contribution in [2.24, 2.45) is 4.99 Å². The SMILES string of the molecule is CN=C(NCCc1ccccn1)NCc1ccc(C)c(F)c1.I. The molecule has 23 heavy (non-hydrogen) atoms. The number of nitrogens with zero attached hydrogens (tertiary/aromatic N) is 2. The largest absolute Gasteiger partial charge is 0.356 e. The number of benzene rings is 1. The first-order valence-corrected chi connectivity index (χ1v) is 7.28. The van der Waals surface area contributed by atoms with E-state index in [4.69, 9.17) is 0 Å². The molecule has 4 nitrogen and oxygen atoms in total. The molecule has 0 spiro atoms. The van der Waals surface area contributed by atoms with Crippen LogP contribution in [-0.2, 0) is 13.0 Å². The summed E-state index contributed by atoms with van der Waals surface area (Å²) in [5, 5.41) is 6.39. The third-order valence-electron chi connectivity index (χ3n) is 3.32. The van der Waals surface area contributed by atoms with E-state index in [-0.39, 0.29) is 29.8 Å². The Morgan fingerprint density at radius 1 is 1.22 bits per heavy atom. The van der Waals surface area contributed by atoms with E-state index in [9.17, 15) is 4.39 Å². The molecule has 0 amide bonds. The molecular formula is C17H22FIN4. The smallest absolute Gasteiger partial charge is 0.191 e.